The Morgan fingerprint density at radius 2 is 1.28 bits per heavy atom. The number of ether oxygens (including phenoxy) is 1. The second-order valence-corrected chi connectivity index (χ2v) is 5.38. The zero-order valence-corrected chi connectivity index (χ0v) is 15.2. The van der Waals surface area contributed by atoms with Gasteiger partial charge in [-0.2, -0.15) is 0 Å². The van der Waals surface area contributed by atoms with Crippen LogP contribution in [0, 0.1) is 24.7 Å². The number of rotatable bonds is 12. The lowest BCUT2D eigenvalue weighted by Crippen LogP contribution is -2.30. The van der Waals surface area contributed by atoms with E-state index in [-0.39, 0.29) is 11.8 Å². The predicted molar refractivity (Wildman–Crippen MR) is 100 cm³/mol. The maximum Gasteiger partial charge on any atom is 0.246 e. The standard InChI is InChI=1S/C20H28N2O3/c1-5-7-9-11-17(3)19(23)21-13-15-25-16-14-22-20(24)18(4)12-10-8-6-2/h1-2,11-12H,7-10,13-16H2,3-4H3,(H,21,23)(H,22,24)/b17-11+,18-12+. The first-order valence-electron chi connectivity index (χ1n) is 8.37. The molecule has 0 aliphatic heterocycles. The number of nitrogens with one attached hydrogen (secondary N) is 2. The number of terminal acetylenes is 2. The van der Waals surface area contributed by atoms with Crippen LogP contribution >= 0.6 is 0 Å². The Labute approximate surface area is 151 Å². The van der Waals surface area contributed by atoms with Crippen LogP contribution in [-0.4, -0.2) is 38.1 Å². The average Bonchev–Trinajstić information content (AvgIpc) is 2.60. The fourth-order valence-corrected chi connectivity index (χ4v) is 1.78. The summed E-state index contributed by atoms with van der Waals surface area (Å²) in [4.78, 5) is 23.5. The summed E-state index contributed by atoms with van der Waals surface area (Å²) in [6.07, 6.45) is 16.6. The van der Waals surface area contributed by atoms with Gasteiger partial charge in [0.05, 0.1) is 13.2 Å². The van der Waals surface area contributed by atoms with Gasteiger partial charge in [-0.25, -0.2) is 0 Å². The normalized spacial score (nSPS) is 11.4. The smallest absolute Gasteiger partial charge is 0.246 e. The molecule has 0 heterocycles. The first-order chi connectivity index (χ1) is 12.0. The van der Waals surface area contributed by atoms with Crippen molar-refractivity contribution in [2.45, 2.75) is 39.5 Å². The van der Waals surface area contributed by atoms with Gasteiger partial charge in [-0.05, 0) is 26.7 Å². The quantitative estimate of drug-likeness (QED) is 0.323. The van der Waals surface area contributed by atoms with Crippen molar-refractivity contribution in [3.05, 3.63) is 23.3 Å². The van der Waals surface area contributed by atoms with Crippen molar-refractivity contribution in [3.63, 3.8) is 0 Å². The molecule has 0 radical (unpaired) electrons. The molecular formula is C20H28N2O3. The molecule has 5 nitrogen and oxygen atoms in total. The lowest BCUT2D eigenvalue weighted by atomic mass is 10.2. The Kier molecular flexibility index (Phi) is 13.5. The van der Waals surface area contributed by atoms with Crippen LogP contribution in [0.4, 0.5) is 0 Å². The summed E-state index contributed by atoms with van der Waals surface area (Å²) in [5, 5.41) is 5.52. The SMILES string of the molecule is C#CCC/C=C(\C)C(=O)NCCOCCNC(=O)/C(C)=C/CCC#C. The van der Waals surface area contributed by atoms with E-state index in [2.05, 4.69) is 22.5 Å². The van der Waals surface area contributed by atoms with Crippen molar-refractivity contribution in [2.75, 3.05) is 26.3 Å². The summed E-state index contributed by atoms with van der Waals surface area (Å²) >= 11 is 0. The Balaban J connectivity index is 3.74. The number of hydrogen-bond donors (Lipinski definition) is 2. The molecule has 0 aromatic heterocycles. The summed E-state index contributed by atoms with van der Waals surface area (Å²) in [5.74, 6) is 4.80. The van der Waals surface area contributed by atoms with E-state index in [1.807, 2.05) is 12.2 Å². The van der Waals surface area contributed by atoms with Crippen LogP contribution in [0.1, 0.15) is 39.5 Å². The summed E-state index contributed by atoms with van der Waals surface area (Å²) in [5.41, 5.74) is 1.30. The topological polar surface area (TPSA) is 67.4 Å². The lowest BCUT2D eigenvalue weighted by Gasteiger charge is -2.08. The highest BCUT2D eigenvalue weighted by atomic mass is 16.5. The summed E-state index contributed by atoms with van der Waals surface area (Å²) in [6.45, 7) is 5.10. The Morgan fingerprint density at radius 3 is 1.64 bits per heavy atom. The minimum atomic E-state index is -0.123. The first kappa shape index (κ1) is 22.5. The zero-order valence-electron chi connectivity index (χ0n) is 15.2. The van der Waals surface area contributed by atoms with Crippen molar-refractivity contribution in [1.29, 1.82) is 0 Å². The highest BCUT2D eigenvalue weighted by molar-refractivity contribution is 5.93. The van der Waals surface area contributed by atoms with Gasteiger partial charge in [0.15, 0.2) is 0 Å². The van der Waals surface area contributed by atoms with Gasteiger partial charge in [0.1, 0.15) is 0 Å². The van der Waals surface area contributed by atoms with Gasteiger partial charge >= 0.3 is 0 Å². The molecule has 5 heteroatoms. The van der Waals surface area contributed by atoms with Crippen LogP contribution in [0.3, 0.4) is 0 Å². The Bertz CT molecular complexity index is 512. The van der Waals surface area contributed by atoms with E-state index in [1.54, 1.807) is 13.8 Å². The van der Waals surface area contributed by atoms with E-state index in [0.29, 0.717) is 63.1 Å². The molecular weight excluding hydrogens is 316 g/mol. The van der Waals surface area contributed by atoms with E-state index in [4.69, 9.17) is 17.6 Å². The highest BCUT2D eigenvalue weighted by Gasteiger charge is 2.03. The Hall–Kier alpha value is -2.50. The maximum absolute atomic E-state index is 11.7. The van der Waals surface area contributed by atoms with Crippen LogP contribution < -0.4 is 10.6 Å². The number of hydrogen-bond acceptors (Lipinski definition) is 3. The molecule has 0 aliphatic carbocycles. The van der Waals surface area contributed by atoms with E-state index in [1.165, 1.54) is 0 Å². The molecule has 0 unspecified atom stereocenters. The second-order valence-electron chi connectivity index (χ2n) is 5.38. The summed E-state index contributed by atoms with van der Waals surface area (Å²) in [7, 11) is 0. The molecule has 136 valence electrons. The van der Waals surface area contributed by atoms with Gasteiger partial charge in [-0.15, -0.1) is 24.7 Å². The third-order valence-electron chi connectivity index (χ3n) is 3.26. The van der Waals surface area contributed by atoms with E-state index >= 15 is 0 Å². The highest BCUT2D eigenvalue weighted by Crippen LogP contribution is 1.98. The number of carbonyl (C=O) groups is 2. The van der Waals surface area contributed by atoms with Crippen LogP contribution in [0.2, 0.25) is 0 Å². The van der Waals surface area contributed by atoms with Crippen molar-refractivity contribution in [1.82, 2.24) is 10.6 Å². The fourth-order valence-electron chi connectivity index (χ4n) is 1.78. The molecule has 2 amide bonds. The van der Waals surface area contributed by atoms with Gasteiger partial charge < -0.3 is 15.4 Å². The van der Waals surface area contributed by atoms with E-state index < -0.39 is 0 Å². The second kappa shape index (κ2) is 15.1. The fraction of sp³-hybridized carbons (Fsp3) is 0.500. The molecule has 0 atom stereocenters. The minimum absolute atomic E-state index is 0.123. The van der Waals surface area contributed by atoms with E-state index in [0.717, 1.165) is 0 Å². The van der Waals surface area contributed by atoms with Crippen LogP contribution in [-0.2, 0) is 14.3 Å². The molecule has 0 bridgehead atoms. The molecule has 0 saturated heterocycles. The van der Waals surface area contributed by atoms with Gasteiger partial charge in [0, 0.05) is 37.1 Å². The Morgan fingerprint density at radius 1 is 0.880 bits per heavy atom. The lowest BCUT2D eigenvalue weighted by molar-refractivity contribution is -0.118. The predicted octanol–water partition coefficient (Wildman–Crippen LogP) is 1.95. The third kappa shape index (κ3) is 12.6. The van der Waals surface area contributed by atoms with Gasteiger partial charge in [-0.3, -0.25) is 9.59 Å². The zero-order chi connectivity index (χ0) is 18.9. The number of unbranched alkanes of at least 4 members (excludes halogenated alkanes) is 2. The van der Waals surface area contributed by atoms with Crippen molar-refractivity contribution in [2.24, 2.45) is 0 Å². The molecule has 0 aliphatic rings. The third-order valence-corrected chi connectivity index (χ3v) is 3.26. The first-order valence-corrected chi connectivity index (χ1v) is 8.37. The van der Waals surface area contributed by atoms with E-state index in [9.17, 15) is 9.59 Å². The van der Waals surface area contributed by atoms with Crippen LogP contribution in [0.25, 0.3) is 0 Å². The van der Waals surface area contributed by atoms with Gasteiger partial charge in [0.25, 0.3) is 0 Å². The van der Waals surface area contributed by atoms with Crippen LogP contribution in [0.15, 0.2) is 23.3 Å². The largest absolute Gasteiger partial charge is 0.378 e. The molecule has 25 heavy (non-hydrogen) atoms. The van der Waals surface area contributed by atoms with Crippen molar-refractivity contribution in [3.8, 4) is 24.7 Å². The molecule has 0 rings (SSSR count). The maximum atomic E-state index is 11.7. The van der Waals surface area contributed by atoms with Crippen molar-refractivity contribution >= 4 is 11.8 Å². The molecule has 2 N–H and O–H groups in total. The molecule has 0 fully saturated rings. The molecule has 0 aromatic rings. The molecule has 0 spiro atoms. The molecule has 0 aromatic carbocycles. The monoisotopic (exact) mass is 344 g/mol. The average molecular weight is 344 g/mol. The van der Waals surface area contributed by atoms with Gasteiger partial charge in [-0.1, -0.05) is 12.2 Å². The summed E-state index contributed by atoms with van der Waals surface area (Å²) in [6, 6.07) is 0. The molecule has 0 saturated carbocycles. The van der Waals surface area contributed by atoms with Crippen molar-refractivity contribution < 1.29 is 14.3 Å². The van der Waals surface area contributed by atoms with Crippen LogP contribution in [0.5, 0.6) is 0 Å². The van der Waals surface area contributed by atoms with Gasteiger partial charge in [0.2, 0.25) is 11.8 Å². The summed E-state index contributed by atoms with van der Waals surface area (Å²) < 4.78 is 5.37. The number of allylic oxidation sites excluding steroid dienone is 2. The minimum Gasteiger partial charge on any atom is -0.378 e. The number of carbonyl (C=O) groups excluding carboxylic acids is 2. The number of amides is 2.